The lowest BCUT2D eigenvalue weighted by atomic mass is 10.1. The first-order valence-electron chi connectivity index (χ1n) is 12.4. The Balaban J connectivity index is 1.16. The summed E-state index contributed by atoms with van der Waals surface area (Å²) in [5, 5.41) is 10.3. The van der Waals surface area contributed by atoms with Gasteiger partial charge in [-0.1, -0.05) is 57.9 Å². The second-order valence-corrected chi connectivity index (χ2v) is 12.8. The fourth-order valence-corrected chi connectivity index (χ4v) is 6.55. The van der Waals surface area contributed by atoms with Crippen molar-refractivity contribution in [3.8, 4) is 17.0 Å². The second-order valence-electron chi connectivity index (χ2n) is 9.03. The molecule has 0 spiro atoms. The molecular weight excluding hydrogens is 779 g/mol. The van der Waals surface area contributed by atoms with Crippen LogP contribution in [0.2, 0.25) is 0 Å². The number of anilines is 2. The zero-order chi connectivity index (χ0) is 28.8. The van der Waals surface area contributed by atoms with Gasteiger partial charge in [0, 0.05) is 26.7 Å². The number of hydrogen-bond donors (Lipinski definition) is 2. The van der Waals surface area contributed by atoms with Crippen LogP contribution in [0.3, 0.4) is 0 Å². The lowest BCUT2D eigenvalue weighted by Gasteiger charge is -2.11. The molecule has 0 atom stereocenters. The van der Waals surface area contributed by atoms with Gasteiger partial charge < -0.3 is 10.1 Å². The molecule has 1 aromatic heterocycles. The molecule has 10 heteroatoms. The highest BCUT2D eigenvalue weighted by molar-refractivity contribution is 14.1. The summed E-state index contributed by atoms with van der Waals surface area (Å²) in [6.07, 6.45) is 1.61. The van der Waals surface area contributed by atoms with E-state index in [4.69, 9.17) is 4.74 Å². The molecule has 6 nitrogen and oxygen atoms in total. The number of benzene rings is 4. The maximum atomic E-state index is 12.7. The van der Waals surface area contributed by atoms with Crippen LogP contribution in [-0.2, 0) is 6.61 Å². The topological polar surface area (TPSA) is 75.6 Å². The summed E-state index contributed by atoms with van der Waals surface area (Å²) in [7, 11) is 0. The Morgan fingerprint density at radius 3 is 2.46 bits per heavy atom. The van der Waals surface area contributed by atoms with Gasteiger partial charge in [0.25, 0.3) is 5.91 Å². The molecule has 0 radical (unpaired) electrons. The van der Waals surface area contributed by atoms with Gasteiger partial charge in [-0.15, -0.1) is 11.3 Å². The maximum absolute atomic E-state index is 12.7. The van der Waals surface area contributed by atoms with E-state index in [9.17, 15) is 4.79 Å². The smallest absolute Gasteiger partial charge is 0.271 e. The van der Waals surface area contributed by atoms with Gasteiger partial charge in [-0.3, -0.25) is 4.79 Å². The van der Waals surface area contributed by atoms with Gasteiger partial charge in [0.2, 0.25) is 0 Å². The van der Waals surface area contributed by atoms with E-state index in [0.29, 0.717) is 12.2 Å². The van der Waals surface area contributed by atoms with Gasteiger partial charge in [-0.05, 0) is 105 Å². The Morgan fingerprint density at radius 2 is 1.76 bits per heavy atom. The van der Waals surface area contributed by atoms with Crippen LogP contribution in [0, 0.1) is 10.5 Å². The average molecular weight is 802 g/mol. The Morgan fingerprint density at radius 1 is 1.02 bits per heavy atom. The number of hydrogen-bond acceptors (Lipinski definition) is 6. The number of hydrazone groups is 1. The molecule has 0 aliphatic carbocycles. The van der Waals surface area contributed by atoms with E-state index in [0.717, 1.165) is 51.5 Å². The minimum absolute atomic E-state index is 0.295. The summed E-state index contributed by atoms with van der Waals surface area (Å²) < 4.78 is 8.80. The minimum Gasteiger partial charge on any atom is -0.487 e. The molecule has 4 aromatic carbocycles. The molecule has 0 fully saturated rings. The number of rotatable bonds is 9. The van der Waals surface area contributed by atoms with Gasteiger partial charge in [-0.2, -0.15) is 5.10 Å². The van der Waals surface area contributed by atoms with Crippen LogP contribution in [-0.4, -0.2) is 17.1 Å². The predicted molar refractivity (Wildman–Crippen MR) is 182 cm³/mol. The van der Waals surface area contributed by atoms with Crippen LogP contribution in [0.25, 0.3) is 11.3 Å². The number of halogens is 3. The highest BCUT2D eigenvalue weighted by atomic mass is 127. The molecule has 1 heterocycles. The van der Waals surface area contributed by atoms with Crippen LogP contribution in [0.5, 0.6) is 5.75 Å². The van der Waals surface area contributed by atoms with Gasteiger partial charge in [0.05, 0.1) is 20.0 Å². The standard InChI is InChI=1S/C31H23Br2IN4O2S/c1-19-2-12-25(13-3-19)36-31-37-28(18-41-31)22-6-8-23(9-7-22)30(39)38-35-16-21-14-26(33)29(27(34)15-21)40-17-20-4-10-24(32)11-5-20/h2-16,18H,17H2,1H3,(H,36,37)(H,38,39)/b35-16-. The minimum atomic E-state index is -0.295. The van der Waals surface area contributed by atoms with Crippen molar-refractivity contribution in [2.75, 3.05) is 5.32 Å². The molecule has 0 aliphatic rings. The lowest BCUT2D eigenvalue weighted by Crippen LogP contribution is -2.17. The van der Waals surface area contributed by atoms with Gasteiger partial charge in [-0.25, -0.2) is 10.4 Å². The second kappa shape index (κ2) is 13.7. The lowest BCUT2D eigenvalue weighted by molar-refractivity contribution is 0.0955. The van der Waals surface area contributed by atoms with Crippen LogP contribution >= 0.6 is 65.8 Å². The molecule has 0 saturated heterocycles. The normalized spacial score (nSPS) is 11.0. The molecule has 1 amide bonds. The Kier molecular flexibility index (Phi) is 9.86. The van der Waals surface area contributed by atoms with Crippen molar-refractivity contribution >= 4 is 88.7 Å². The van der Waals surface area contributed by atoms with E-state index in [2.05, 4.69) is 94.3 Å². The monoisotopic (exact) mass is 800 g/mol. The molecule has 0 aliphatic heterocycles. The zero-order valence-electron chi connectivity index (χ0n) is 21.7. The molecule has 2 N–H and O–H groups in total. The summed E-state index contributed by atoms with van der Waals surface area (Å²) in [5.74, 6) is 0.462. The fourth-order valence-electron chi connectivity index (χ4n) is 3.77. The van der Waals surface area contributed by atoms with Crippen LogP contribution < -0.4 is 15.5 Å². The third-order valence-electron chi connectivity index (χ3n) is 5.95. The van der Waals surface area contributed by atoms with Crippen molar-refractivity contribution in [3.05, 3.63) is 125 Å². The number of carbonyl (C=O) groups excluding carboxylic acids is 1. The number of ether oxygens (including phenoxy) is 1. The summed E-state index contributed by atoms with van der Waals surface area (Å²) in [6.45, 7) is 2.52. The van der Waals surface area contributed by atoms with E-state index in [-0.39, 0.29) is 5.91 Å². The highest BCUT2D eigenvalue weighted by Crippen LogP contribution is 2.32. The van der Waals surface area contributed by atoms with Gasteiger partial charge >= 0.3 is 0 Å². The first-order chi connectivity index (χ1) is 19.8. The number of thiazole rings is 1. The van der Waals surface area contributed by atoms with Gasteiger partial charge in [0.15, 0.2) is 5.13 Å². The number of nitrogens with one attached hydrogen (secondary N) is 2. The number of aryl methyl sites for hydroxylation is 1. The van der Waals surface area contributed by atoms with E-state index in [1.54, 1.807) is 18.3 Å². The van der Waals surface area contributed by atoms with Crippen LogP contribution in [0.4, 0.5) is 10.8 Å². The Labute approximate surface area is 272 Å². The number of aromatic nitrogens is 1. The summed E-state index contributed by atoms with van der Waals surface area (Å²) in [5.41, 5.74) is 8.98. The predicted octanol–water partition coefficient (Wildman–Crippen LogP) is 9.33. The fraction of sp³-hybridized carbons (Fsp3) is 0.0645. The number of carbonyl (C=O) groups is 1. The molecule has 206 valence electrons. The number of amides is 1. The van der Waals surface area contributed by atoms with Crippen LogP contribution in [0.15, 0.2) is 104 Å². The first-order valence-corrected chi connectivity index (χ1v) is 16.0. The van der Waals surface area contributed by atoms with E-state index in [1.165, 1.54) is 16.9 Å². The average Bonchev–Trinajstić information content (AvgIpc) is 3.43. The zero-order valence-corrected chi connectivity index (χ0v) is 27.8. The maximum Gasteiger partial charge on any atom is 0.271 e. The third kappa shape index (κ3) is 8.03. The quantitative estimate of drug-likeness (QED) is 0.0886. The van der Waals surface area contributed by atoms with Crippen molar-refractivity contribution < 1.29 is 9.53 Å². The Hall–Kier alpha value is -3.06. The molecule has 41 heavy (non-hydrogen) atoms. The molecular formula is C31H23Br2IN4O2S. The van der Waals surface area contributed by atoms with E-state index < -0.39 is 0 Å². The van der Waals surface area contributed by atoms with Gasteiger partial charge in [0.1, 0.15) is 12.4 Å². The molecule has 5 aromatic rings. The largest absolute Gasteiger partial charge is 0.487 e. The summed E-state index contributed by atoms with van der Waals surface area (Å²) in [6, 6.07) is 27.3. The van der Waals surface area contributed by atoms with E-state index >= 15 is 0 Å². The van der Waals surface area contributed by atoms with Crippen molar-refractivity contribution in [2.45, 2.75) is 13.5 Å². The van der Waals surface area contributed by atoms with Crippen molar-refractivity contribution in [1.29, 1.82) is 0 Å². The first kappa shape index (κ1) is 29.4. The molecule has 0 saturated carbocycles. The molecule has 0 bridgehead atoms. The molecule has 5 rings (SSSR count). The highest BCUT2D eigenvalue weighted by Gasteiger charge is 2.11. The summed E-state index contributed by atoms with van der Waals surface area (Å²) in [4.78, 5) is 17.3. The van der Waals surface area contributed by atoms with Crippen molar-refractivity contribution in [1.82, 2.24) is 10.4 Å². The van der Waals surface area contributed by atoms with Crippen molar-refractivity contribution in [3.63, 3.8) is 0 Å². The SMILES string of the molecule is Cc1ccc(Nc2nc(-c3ccc(C(=O)N/N=C\c4cc(Br)c(OCc5ccc(Br)cc5)c(I)c4)cc3)cs2)cc1. The number of nitrogens with zero attached hydrogens (tertiary/aromatic N) is 2. The van der Waals surface area contributed by atoms with E-state index in [1.807, 2.05) is 66.0 Å². The summed E-state index contributed by atoms with van der Waals surface area (Å²) >= 11 is 10.8. The van der Waals surface area contributed by atoms with Crippen LogP contribution in [0.1, 0.15) is 27.0 Å². The third-order valence-corrected chi connectivity index (χ3v) is 8.62. The van der Waals surface area contributed by atoms with Crippen molar-refractivity contribution in [2.24, 2.45) is 5.10 Å². The Bertz CT molecular complexity index is 1670. The molecule has 0 unspecified atom stereocenters.